The van der Waals surface area contributed by atoms with Crippen molar-refractivity contribution in [1.29, 1.82) is 0 Å². The zero-order valence-electron chi connectivity index (χ0n) is 21.1. The summed E-state index contributed by atoms with van der Waals surface area (Å²) in [5, 5.41) is 5.38. The number of hydrogen-bond acceptors (Lipinski definition) is 7. The van der Waals surface area contributed by atoms with E-state index in [-0.39, 0.29) is 18.3 Å². The standard InChI is InChI=1S/C30H29NO5S/c1-18-27(30(33)36-17-19-8-5-4-6-9-19)29(26-10-7-13-37-26)28-22(31-18)14-21(15-23(28)32)20-11-12-24(34-2)25(16-20)35-3/h4-13,16,21,29,31H,14-15,17H2,1-3H3/t21-,29-/m0/s1. The molecule has 190 valence electrons. The van der Waals surface area contributed by atoms with Gasteiger partial charge in [0.25, 0.3) is 0 Å². The number of nitrogens with one attached hydrogen (secondary N) is 1. The van der Waals surface area contributed by atoms with Crippen molar-refractivity contribution in [3.8, 4) is 11.5 Å². The molecule has 1 aromatic heterocycles. The van der Waals surface area contributed by atoms with Crippen molar-refractivity contribution in [3.63, 3.8) is 0 Å². The third-order valence-electron chi connectivity index (χ3n) is 6.97. The number of Topliss-reactive ketones (excluding diaryl/α,β-unsaturated/α-hetero) is 1. The Hall–Kier alpha value is -3.84. The van der Waals surface area contributed by atoms with Gasteiger partial charge in [0.1, 0.15) is 6.61 Å². The number of thiophene rings is 1. The lowest BCUT2D eigenvalue weighted by Crippen LogP contribution is -2.35. The molecule has 0 unspecified atom stereocenters. The number of hydrogen-bond donors (Lipinski definition) is 1. The summed E-state index contributed by atoms with van der Waals surface area (Å²) in [7, 11) is 3.21. The molecule has 0 spiro atoms. The van der Waals surface area contributed by atoms with Gasteiger partial charge in [-0.2, -0.15) is 0 Å². The minimum atomic E-state index is -0.446. The van der Waals surface area contributed by atoms with Gasteiger partial charge in [-0.15, -0.1) is 11.3 Å². The first-order valence-corrected chi connectivity index (χ1v) is 13.1. The molecule has 5 rings (SSSR count). The molecule has 2 heterocycles. The van der Waals surface area contributed by atoms with Crippen molar-refractivity contribution in [2.75, 3.05) is 14.2 Å². The summed E-state index contributed by atoms with van der Waals surface area (Å²) < 4.78 is 16.6. The summed E-state index contributed by atoms with van der Waals surface area (Å²) in [5.74, 6) is 0.459. The molecule has 0 bridgehead atoms. The average molecular weight is 516 g/mol. The van der Waals surface area contributed by atoms with E-state index in [9.17, 15) is 9.59 Å². The van der Waals surface area contributed by atoms with Crippen LogP contribution in [0.5, 0.6) is 11.5 Å². The monoisotopic (exact) mass is 515 g/mol. The van der Waals surface area contributed by atoms with Crippen molar-refractivity contribution in [1.82, 2.24) is 5.32 Å². The lowest BCUT2D eigenvalue weighted by Gasteiger charge is -2.36. The summed E-state index contributed by atoms with van der Waals surface area (Å²) in [6, 6.07) is 19.3. The van der Waals surface area contributed by atoms with E-state index in [4.69, 9.17) is 14.2 Å². The van der Waals surface area contributed by atoms with E-state index in [0.29, 0.717) is 35.5 Å². The number of benzene rings is 2. The highest BCUT2D eigenvalue weighted by molar-refractivity contribution is 7.10. The maximum Gasteiger partial charge on any atom is 0.337 e. The van der Waals surface area contributed by atoms with Crippen molar-refractivity contribution in [2.45, 2.75) is 38.2 Å². The van der Waals surface area contributed by atoms with Crippen LogP contribution >= 0.6 is 11.3 Å². The van der Waals surface area contributed by atoms with Crippen LogP contribution < -0.4 is 14.8 Å². The number of ether oxygens (including phenoxy) is 3. The van der Waals surface area contributed by atoms with E-state index in [1.807, 2.05) is 73.0 Å². The van der Waals surface area contributed by atoms with Crippen LogP contribution in [0.1, 0.15) is 47.6 Å². The van der Waals surface area contributed by atoms with Crippen molar-refractivity contribution in [2.24, 2.45) is 0 Å². The summed E-state index contributed by atoms with van der Waals surface area (Å²) in [6.07, 6.45) is 1.01. The quantitative estimate of drug-likeness (QED) is 0.397. The molecule has 1 aliphatic carbocycles. The van der Waals surface area contributed by atoms with Crippen LogP contribution in [-0.2, 0) is 20.9 Å². The van der Waals surface area contributed by atoms with E-state index in [1.54, 1.807) is 25.6 Å². The van der Waals surface area contributed by atoms with Crippen LogP contribution in [0.25, 0.3) is 0 Å². The molecule has 3 aromatic rings. The maximum atomic E-state index is 13.7. The molecule has 0 radical (unpaired) electrons. The molecule has 0 fully saturated rings. The third-order valence-corrected chi connectivity index (χ3v) is 7.90. The summed E-state index contributed by atoms with van der Waals surface area (Å²) in [4.78, 5) is 28.1. The molecule has 7 heteroatoms. The first-order valence-electron chi connectivity index (χ1n) is 12.2. The largest absolute Gasteiger partial charge is 0.493 e. The average Bonchev–Trinajstić information content (AvgIpc) is 3.46. The molecule has 0 saturated heterocycles. The second-order valence-electron chi connectivity index (χ2n) is 9.21. The number of dihydropyridines is 1. The molecule has 2 aliphatic rings. The molecule has 6 nitrogen and oxygen atoms in total. The Bertz CT molecular complexity index is 1370. The Kier molecular flexibility index (Phi) is 7.15. The Morgan fingerprint density at radius 2 is 1.78 bits per heavy atom. The fraction of sp³-hybridized carbons (Fsp3) is 0.267. The summed E-state index contributed by atoms with van der Waals surface area (Å²) in [6.45, 7) is 2.06. The maximum absolute atomic E-state index is 13.7. The molecular weight excluding hydrogens is 486 g/mol. The molecule has 1 N–H and O–H groups in total. The normalized spacial score (nSPS) is 19.3. The summed E-state index contributed by atoms with van der Waals surface area (Å²) >= 11 is 1.54. The second-order valence-corrected chi connectivity index (χ2v) is 10.2. The number of carbonyl (C=O) groups is 2. The molecule has 2 aromatic carbocycles. The Balaban J connectivity index is 1.46. The van der Waals surface area contributed by atoms with E-state index >= 15 is 0 Å². The van der Waals surface area contributed by atoms with Gasteiger partial charge in [0.15, 0.2) is 17.3 Å². The van der Waals surface area contributed by atoms with Gasteiger partial charge >= 0.3 is 5.97 Å². The fourth-order valence-corrected chi connectivity index (χ4v) is 6.04. The molecular formula is C30H29NO5S. The second kappa shape index (κ2) is 10.6. The van der Waals surface area contributed by atoms with Gasteiger partial charge in [-0.1, -0.05) is 42.5 Å². The van der Waals surface area contributed by atoms with Gasteiger partial charge in [-0.3, -0.25) is 4.79 Å². The topological polar surface area (TPSA) is 73.9 Å². The Morgan fingerprint density at radius 3 is 2.49 bits per heavy atom. The Morgan fingerprint density at radius 1 is 1.00 bits per heavy atom. The van der Waals surface area contributed by atoms with Crippen LogP contribution in [0.2, 0.25) is 0 Å². The Labute approximate surface area is 220 Å². The number of rotatable bonds is 7. The van der Waals surface area contributed by atoms with Gasteiger partial charge in [0, 0.05) is 28.3 Å². The molecule has 2 atom stereocenters. The van der Waals surface area contributed by atoms with Crippen LogP contribution in [0.3, 0.4) is 0 Å². The smallest absolute Gasteiger partial charge is 0.337 e. The van der Waals surface area contributed by atoms with Crippen molar-refractivity contribution >= 4 is 23.1 Å². The zero-order valence-corrected chi connectivity index (χ0v) is 21.9. The first-order chi connectivity index (χ1) is 18.0. The molecule has 1 aliphatic heterocycles. The minimum Gasteiger partial charge on any atom is -0.493 e. The summed E-state index contributed by atoms with van der Waals surface area (Å²) in [5.41, 5.74) is 4.67. The lowest BCUT2D eigenvalue weighted by atomic mass is 9.73. The van der Waals surface area contributed by atoms with E-state index in [1.165, 1.54) is 0 Å². The predicted octanol–water partition coefficient (Wildman–Crippen LogP) is 5.87. The number of allylic oxidation sites excluding steroid dienone is 3. The minimum absolute atomic E-state index is 0.0121. The van der Waals surface area contributed by atoms with Gasteiger partial charge in [0.05, 0.1) is 25.7 Å². The number of esters is 1. The van der Waals surface area contributed by atoms with Gasteiger partial charge < -0.3 is 19.5 Å². The van der Waals surface area contributed by atoms with E-state index in [2.05, 4.69) is 5.32 Å². The van der Waals surface area contributed by atoms with Crippen LogP contribution in [0.4, 0.5) is 0 Å². The third kappa shape index (κ3) is 4.91. The highest BCUT2D eigenvalue weighted by Gasteiger charge is 2.42. The SMILES string of the molecule is COc1ccc([C@@H]2CC(=O)C3=C(C2)NC(C)=C(C(=O)OCc2ccccc2)[C@@H]3c2cccs2)cc1OC. The van der Waals surface area contributed by atoms with E-state index in [0.717, 1.165) is 27.4 Å². The molecule has 0 saturated carbocycles. The van der Waals surface area contributed by atoms with Gasteiger partial charge in [-0.05, 0) is 54.0 Å². The highest BCUT2D eigenvalue weighted by Crippen LogP contribution is 2.47. The van der Waals surface area contributed by atoms with Gasteiger partial charge in [-0.25, -0.2) is 4.79 Å². The number of carbonyl (C=O) groups excluding carboxylic acids is 2. The van der Waals surface area contributed by atoms with Crippen molar-refractivity contribution < 1.29 is 23.8 Å². The van der Waals surface area contributed by atoms with E-state index < -0.39 is 11.9 Å². The molecule has 0 amide bonds. The highest BCUT2D eigenvalue weighted by atomic mass is 32.1. The van der Waals surface area contributed by atoms with Crippen LogP contribution in [0.15, 0.2) is 88.6 Å². The zero-order chi connectivity index (χ0) is 25.9. The van der Waals surface area contributed by atoms with Crippen LogP contribution in [0, 0.1) is 0 Å². The predicted molar refractivity (Wildman–Crippen MR) is 143 cm³/mol. The fourth-order valence-electron chi connectivity index (χ4n) is 5.19. The lowest BCUT2D eigenvalue weighted by molar-refractivity contribution is -0.140. The van der Waals surface area contributed by atoms with Crippen LogP contribution in [-0.4, -0.2) is 26.0 Å². The van der Waals surface area contributed by atoms with Gasteiger partial charge in [0.2, 0.25) is 0 Å². The molecule has 37 heavy (non-hydrogen) atoms. The first kappa shape index (κ1) is 24.8. The number of ketones is 1. The van der Waals surface area contributed by atoms with Crippen molar-refractivity contribution in [3.05, 3.63) is 105 Å². The number of methoxy groups -OCH3 is 2.